The number of amides is 1. The molecular formula is C68H136N2O6P+. The average molecular weight is 1110 g/mol. The van der Waals surface area contributed by atoms with Gasteiger partial charge >= 0.3 is 7.82 Å². The minimum absolute atomic E-state index is 0.0765. The molecule has 0 saturated heterocycles. The van der Waals surface area contributed by atoms with Gasteiger partial charge in [0.25, 0.3) is 0 Å². The zero-order chi connectivity index (χ0) is 56.3. The molecule has 0 aliphatic carbocycles. The van der Waals surface area contributed by atoms with Crippen LogP contribution in [-0.2, 0) is 18.4 Å². The van der Waals surface area contributed by atoms with Gasteiger partial charge in [-0.05, 0) is 44.9 Å². The van der Waals surface area contributed by atoms with E-state index in [0.717, 1.165) is 44.9 Å². The van der Waals surface area contributed by atoms with E-state index in [1.165, 1.54) is 283 Å². The van der Waals surface area contributed by atoms with Crippen LogP contribution in [0.4, 0.5) is 0 Å². The lowest BCUT2D eigenvalue weighted by Gasteiger charge is -2.26. The van der Waals surface area contributed by atoms with E-state index in [1.807, 2.05) is 21.1 Å². The Kier molecular flexibility index (Phi) is 58.8. The maximum absolute atomic E-state index is 13.1. The van der Waals surface area contributed by atoms with Gasteiger partial charge in [0.2, 0.25) is 5.91 Å². The monoisotopic (exact) mass is 1110 g/mol. The Hall–Kier alpha value is -1.02. The quantitative estimate of drug-likeness (QED) is 0.0243. The number of aliphatic hydroxyl groups is 1. The zero-order valence-corrected chi connectivity index (χ0v) is 53.4. The second kappa shape index (κ2) is 59.6. The Bertz CT molecular complexity index is 1300. The molecule has 0 fully saturated rings. The molecule has 0 rings (SSSR count). The molecule has 8 nitrogen and oxygen atoms in total. The molecule has 0 aliphatic rings. The summed E-state index contributed by atoms with van der Waals surface area (Å²) in [6.07, 6.45) is 77.0. The molecule has 3 unspecified atom stereocenters. The van der Waals surface area contributed by atoms with Gasteiger partial charge in [0.1, 0.15) is 13.2 Å². The van der Waals surface area contributed by atoms with Crippen molar-refractivity contribution in [2.45, 2.75) is 366 Å². The van der Waals surface area contributed by atoms with Gasteiger partial charge in [-0.15, -0.1) is 0 Å². The first-order valence-electron chi connectivity index (χ1n) is 34.2. The minimum atomic E-state index is -4.33. The van der Waals surface area contributed by atoms with Crippen molar-refractivity contribution < 1.29 is 32.9 Å². The van der Waals surface area contributed by atoms with Crippen LogP contribution in [0.2, 0.25) is 0 Å². The highest BCUT2D eigenvalue weighted by Gasteiger charge is 2.28. The second-order valence-electron chi connectivity index (χ2n) is 24.9. The van der Waals surface area contributed by atoms with Crippen LogP contribution >= 0.6 is 7.82 Å². The number of phosphoric acid groups is 1. The van der Waals surface area contributed by atoms with Gasteiger partial charge in [0.05, 0.1) is 39.9 Å². The van der Waals surface area contributed by atoms with Gasteiger partial charge in [0, 0.05) is 6.42 Å². The number of hydrogen-bond acceptors (Lipinski definition) is 5. The van der Waals surface area contributed by atoms with Crippen LogP contribution in [0.3, 0.4) is 0 Å². The molecule has 0 aromatic carbocycles. The van der Waals surface area contributed by atoms with E-state index in [4.69, 9.17) is 9.05 Å². The van der Waals surface area contributed by atoms with Gasteiger partial charge in [-0.3, -0.25) is 13.8 Å². The van der Waals surface area contributed by atoms with Gasteiger partial charge in [0.15, 0.2) is 0 Å². The summed E-state index contributed by atoms with van der Waals surface area (Å²) in [7, 11) is 1.63. The largest absolute Gasteiger partial charge is 0.472 e. The zero-order valence-electron chi connectivity index (χ0n) is 52.5. The van der Waals surface area contributed by atoms with Crippen molar-refractivity contribution in [2.24, 2.45) is 0 Å². The van der Waals surface area contributed by atoms with E-state index in [-0.39, 0.29) is 19.1 Å². The number of quaternary nitrogens is 1. The van der Waals surface area contributed by atoms with Crippen LogP contribution in [-0.4, -0.2) is 73.4 Å². The minimum Gasteiger partial charge on any atom is -0.391 e. The number of unbranched alkanes of at least 4 members (excludes halogenated alkanes) is 47. The predicted molar refractivity (Wildman–Crippen MR) is 337 cm³/mol. The fourth-order valence-corrected chi connectivity index (χ4v) is 11.3. The van der Waals surface area contributed by atoms with Crippen LogP contribution in [0, 0.1) is 0 Å². The standard InChI is InChI=1S/C68H135N2O6P/c1-6-8-10-12-14-16-18-20-22-24-26-28-30-32-33-34-35-36-38-39-41-43-45-47-49-51-53-55-57-59-61-67(71)66(65-76-77(73,74)75-64-63-70(3,4)5)69-68(72)62-60-58-56-54-52-50-48-46-44-42-40-37-31-29-27-25-23-21-19-17-15-13-11-9-7-2/h19,21,25,27,66-67,71H,6-18,20,22-24,26,28-65H2,1-5H3,(H-,69,72,73,74)/p+1/b21-19-,27-25-. The molecule has 0 heterocycles. The molecule has 3 atom stereocenters. The molecule has 458 valence electrons. The molecule has 0 saturated carbocycles. The predicted octanol–water partition coefficient (Wildman–Crippen LogP) is 21.5. The van der Waals surface area contributed by atoms with Crippen molar-refractivity contribution in [2.75, 3.05) is 40.9 Å². The Labute approximate surface area is 481 Å². The summed E-state index contributed by atoms with van der Waals surface area (Å²) in [5.41, 5.74) is 0. The first kappa shape index (κ1) is 76.0. The topological polar surface area (TPSA) is 105 Å². The van der Waals surface area contributed by atoms with Gasteiger partial charge in [-0.2, -0.15) is 0 Å². The summed E-state index contributed by atoms with van der Waals surface area (Å²) in [5.74, 6) is -0.139. The first-order chi connectivity index (χ1) is 37.5. The summed E-state index contributed by atoms with van der Waals surface area (Å²) in [5, 5.41) is 14.1. The maximum Gasteiger partial charge on any atom is 0.472 e. The summed E-state index contributed by atoms with van der Waals surface area (Å²) in [4.78, 5) is 23.4. The Morgan fingerprint density at radius 2 is 0.740 bits per heavy atom. The van der Waals surface area contributed by atoms with E-state index < -0.39 is 20.0 Å². The van der Waals surface area contributed by atoms with Crippen molar-refractivity contribution in [3.63, 3.8) is 0 Å². The number of carbonyl (C=O) groups excluding carboxylic acids is 1. The van der Waals surface area contributed by atoms with Gasteiger partial charge < -0.3 is 19.8 Å². The summed E-state index contributed by atoms with van der Waals surface area (Å²) in [6.45, 7) is 4.94. The lowest BCUT2D eigenvalue weighted by molar-refractivity contribution is -0.870. The number of likely N-dealkylation sites (N-methyl/N-ethyl adjacent to an activating group) is 1. The highest BCUT2D eigenvalue weighted by Crippen LogP contribution is 2.43. The molecule has 0 bridgehead atoms. The van der Waals surface area contributed by atoms with E-state index in [1.54, 1.807) is 0 Å². The van der Waals surface area contributed by atoms with Crippen LogP contribution in [0.1, 0.15) is 354 Å². The van der Waals surface area contributed by atoms with E-state index in [2.05, 4.69) is 43.5 Å². The SMILES string of the molecule is CCCCCCC/C=C\C/C=C\CCCCCCCCCCCCCCCC(=O)NC(COP(=O)(O)OCC[N+](C)(C)C)C(O)CCCCCCCCCCCCCCCCCCCCCCCCCCCCCCCC. The molecule has 1 amide bonds. The van der Waals surface area contributed by atoms with Gasteiger partial charge in [-0.1, -0.05) is 327 Å². The first-order valence-corrected chi connectivity index (χ1v) is 35.7. The fourth-order valence-electron chi connectivity index (χ4n) is 10.6. The third-order valence-corrected chi connectivity index (χ3v) is 16.9. The molecule has 0 spiro atoms. The molecule has 0 aromatic heterocycles. The smallest absolute Gasteiger partial charge is 0.391 e. The fraction of sp³-hybridized carbons (Fsp3) is 0.926. The van der Waals surface area contributed by atoms with E-state index in [0.29, 0.717) is 23.9 Å². The van der Waals surface area contributed by atoms with Crippen LogP contribution in [0.25, 0.3) is 0 Å². The van der Waals surface area contributed by atoms with Crippen LogP contribution in [0.15, 0.2) is 24.3 Å². The van der Waals surface area contributed by atoms with Crippen molar-refractivity contribution >= 4 is 13.7 Å². The second-order valence-corrected chi connectivity index (χ2v) is 26.4. The number of carbonyl (C=O) groups is 1. The molecular weight excluding hydrogens is 972 g/mol. The van der Waals surface area contributed by atoms with Gasteiger partial charge in [-0.25, -0.2) is 4.57 Å². The number of allylic oxidation sites excluding steroid dienone is 4. The number of aliphatic hydroxyl groups excluding tert-OH is 1. The van der Waals surface area contributed by atoms with Crippen molar-refractivity contribution in [3.05, 3.63) is 24.3 Å². The average Bonchev–Trinajstić information content (AvgIpc) is 3.39. The Balaban J connectivity index is 4.02. The Morgan fingerprint density at radius 1 is 0.442 bits per heavy atom. The maximum atomic E-state index is 13.1. The molecule has 3 N–H and O–H groups in total. The lowest BCUT2D eigenvalue weighted by Crippen LogP contribution is -2.46. The van der Waals surface area contributed by atoms with Crippen molar-refractivity contribution in [1.82, 2.24) is 5.32 Å². The van der Waals surface area contributed by atoms with Crippen LogP contribution in [0.5, 0.6) is 0 Å². The third kappa shape index (κ3) is 62.4. The number of nitrogens with zero attached hydrogens (tertiary/aromatic N) is 1. The molecule has 9 heteroatoms. The number of phosphoric ester groups is 1. The summed E-state index contributed by atoms with van der Waals surface area (Å²) in [6, 6.07) is -0.761. The number of rotatable bonds is 64. The summed E-state index contributed by atoms with van der Waals surface area (Å²) >= 11 is 0. The molecule has 0 radical (unpaired) electrons. The lowest BCUT2D eigenvalue weighted by atomic mass is 10.0. The molecule has 0 aromatic rings. The highest BCUT2D eigenvalue weighted by atomic mass is 31.2. The number of nitrogens with one attached hydrogen (secondary N) is 1. The van der Waals surface area contributed by atoms with Crippen molar-refractivity contribution in [1.29, 1.82) is 0 Å². The Morgan fingerprint density at radius 3 is 1.06 bits per heavy atom. The van der Waals surface area contributed by atoms with E-state index in [9.17, 15) is 19.4 Å². The van der Waals surface area contributed by atoms with Crippen LogP contribution < -0.4 is 5.32 Å². The van der Waals surface area contributed by atoms with E-state index >= 15 is 0 Å². The number of hydrogen-bond donors (Lipinski definition) is 3. The molecule has 77 heavy (non-hydrogen) atoms. The van der Waals surface area contributed by atoms with Crippen molar-refractivity contribution in [3.8, 4) is 0 Å². The summed E-state index contributed by atoms with van der Waals surface area (Å²) < 4.78 is 23.9. The normalized spacial score (nSPS) is 13.8. The highest BCUT2D eigenvalue weighted by molar-refractivity contribution is 7.47. The molecule has 0 aliphatic heterocycles. The third-order valence-electron chi connectivity index (χ3n) is 16.0.